The SMILES string of the molecule is CSC(N)=NCCSCc1ccccn1. The standard InChI is InChI=1S/C10H15N3S2/c1-14-10(11)13-6-7-15-8-9-4-2-3-5-12-9/h2-5H,6-8H2,1H3,(H2,11,13). The van der Waals surface area contributed by atoms with Crippen molar-refractivity contribution in [3.8, 4) is 0 Å². The summed E-state index contributed by atoms with van der Waals surface area (Å²) >= 11 is 3.31. The molecular weight excluding hydrogens is 226 g/mol. The number of amidine groups is 1. The fraction of sp³-hybridized carbons (Fsp3) is 0.400. The first kappa shape index (κ1) is 12.4. The maximum atomic E-state index is 5.56. The van der Waals surface area contributed by atoms with Crippen molar-refractivity contribution in [3.63, 3.8) is 0 Å². The number of rotatable bonds is 5. The van der Waals surface area contributed by atoms with Crippen LogP contribution in [0.25, 0.3) is 0 Å². The Balaban J connectivity index is 2.13. The van der Waals surface area contributed by atoms with E-state index in [1.165, 1.54) is 11.8 Å². The third kappa shape index (κ3) is 5.69. The van der Waals surface area contributed by atoms with Gasteiger partial charge >= 0.3 is 0 Å². The van der Waals surface area contributed by atoms with Crippen molar-refractivity contribution in [1.82, 2.24) is 4.98 Å². The van der Waals surface area contributed by atoms with Crippen molar-refractivity contribution in [2.45, 2.75) is 5.75 Å². The van der Waals surface area contributed by atoms with Gasteiger partial charge in [0.1, 0.15) is 0 Å². The molecule has 0 fully saturated rings. The second kappa shape index (κ2) is 7.59. The van der Waals surface area contributed by atoms with E-state index in [0.717, 1.165) is 23.7 Å². The van der Waals surface area contributed by atoms with Crippen LogP contribution in [0.2, 0.25) is 0 Å². The topological polar surface area (TPSA) is 51.3 Å². The first-order valence-electron chi connectivity index (χ1n) is 4.64. The zero-order valence-corrected chi connectivity index (χ0v) is 10.4. The molecule has 2 N–H and O–H groups in total. The van der Waals surface area contributed by atoms with Gasteiger partial charge < -0.3 is 5.73 Å². The molecule has 0 aliphatic rings. The van der Waals surface area contributed by atoms with Gasteiger partial charge in [-0.1, -0.05) is 17.8 Å². The molecular formula is C10H15N3S2. The Labute approximate surface area is 99.0 Å². The largest absolute Gasteiger partial charge is 0.379 e. The molecule has 0 saturated carbocycles. The van der Waals surface area contributed by atoms with Gasteiger partial charge in [-0.15, -0.1) is 0 Å². The molecule has 15 heavy (non-hydrogen) atoms. The van der Waals surface area contributed by atoms with E-state index in [1.54, 1.807) is 0 Å². The second-order valence-corrected chi connectivity index (χ2v) is 4.73. The first-order chi connectivity index (χ1) is 7.33. The number of hydrogen-bond donors (Lipinski definition) is 1. The minimum atomic E-state index is 0.661. The molecule has 0 amide bonds. The summed E-state index contributed by atoms with van der Waals surface area (Å²) in [6.07, 6.45) is 3.75. The zero-order valence-electron chi connectivity index (χ0n) is 8.72. The Morgan fingerprint density at radius 2 is 2.40 bits per heavy atom. The van der Waals surface area contributed by atoms with Gasteiger partial charge in [-0.25, -0.2) is 0 Å². The number of hydrogen-bond acceptors (Lipinski definition) is 4. The molecule has 1 heterocycles. The van der Waals surface area contributed by atoms with E-state index in [0.29, 0.717) is 5.17 Å². The maximum Gasteiger partial charge on any atom is 0.153 e. The Kier molecular flexibility index (Phi) is 6.27. The second-order valence-electron chi connectivity index (χ2n) is 2.80. The fourth-order valence-corrected chi connectivity index (χ4v) is 1.91. The molecule has 0 bridgehead atoms. The summed E-state index contributed by atoms with van der Waals surface area (Å²) in [5.41, 5.74) is 6.67. The van der Waals surface area contributed by atoms with Crippen LogP contribution in [0.15, 0.2) is 29.4 Å². The predicted molar refractivity (Wildman–Crippen MR) is 70.4 cm³/mol. The van der Waals surface area contributed by atoms with E-state index in [1.807, 2.05) is 42.4 Å². The number of aliphatic imine (C=N–C) groups is 1. The minimum absolute atomic E-state index is 0.661. The molecule has 1 rings (SSSR count). The molecule has 82 valence electrons. The van der Waals surface area contributed by atoms with Crippen molar-refractivity contribution in [3.05, 3.63) is 30.1 Å². The van der Waals surface area contributed by atoms with E-state index in [-0.39, 0.29) is 0 Å². The Morgan fingerprint density at radius 3 is 3.07 bits per heavy atom. The Morgan fingerprint density at radius 1 is 1.53 bits per heavy atom. The highest BCUT2D eigenvalue weighted by Gasteiger charge is 1.93. The number of nitrogens with zero attached hydrogens (tertiary/aromatic N) is 2. The van der Waals surface area contributed by atoms with Crippen molar-refractivity contribution in [1.29, 1.82) is 0 Å². The lowest BCUT2D eigenvalue weighted by molar-refractivity contribution is 1.13. The van der Waals surface area contributed by atoms with Crippen molar-refractivity contribution in [2.75, 3.05) is 18.6 Å². The minimum Gasteiger partial charge on any atom is -0.379 e. The number of nitrogens with two attached hydrogens (primary N) is 1. The Hall–Kier alpha value is -0.680. The summed E-state index contributed by atoms with van der Waals surface area (Å²) in [5, 5.41) is 0.661. The summed E-state index contributed by atoms with van der Waals surface area (Å²) in [6.45, 7) is 0.782. The fourth-order valence-electron chi connectivity index (χ4n) is 0.945. The average Bonchev–Trinajstić information content (AvgIpc) is 2.29. The van der Waals surface area contributed by atoms with Gasteiger partial charge in [-0.2, -0.15) is 11.8 Å². The van der Waals surface area contributed by atoms with E-state index >= 15 is 0 Å². The van der Waals surface area contributed by atoms with Crippen LogP contribution in [-0.2, 0) is 5.75 Å². The van der Waals surface area contributed by atoms with Gasteiger partial charge in [0.05, 0.1) is 12.2 Å². The van der Waals surface area contributed by atoms with Gasteiger partial charge in [0.25, 0.3) is 0 Å². The molecule has 0 radical (unpaired) electrons. The van der Waals surface area contributed by atoms with E-state index in [2.05, 4.69) is 9.98 Å². The lowest BCUT2D eigenvalue weighted by Crippen LogP contribution is -2.06. The molecule has 1 aromatic rings. The molecule has 0 atom stereocenters. The third-order valence-electron chi connectivity index (χ3n) is 1.69. The molecule has 0 aliphatic heterocycles. The van der Waals surface area contributed by atoms with E-state index < -0.39 is 0 Å². The molecule has 0 saturated heterocycles. The highest BCUT2D eigenvalue weighted by atomic mass is 32.2. The van der Waals surface area contributed by atoms with E-state index in [9.17, 15) is 0 Å². The Bertz CT molecular complexity index is 301. The zero-order chi connectivity index (χ0) is 10.9. The monoisotopic (exact) mass is 241 g/mol. The summed E-state index contributed by atoms with van der Waals surface area (Å²) in [6, 6.07) is 5.97. The smallest absolute Gasteiger partial charge is 0.153 e. The van der Waals surface area contributed by atoms with Gasteiger partial charge in [0.2, 0.25) is 0 Å². The van der Waals surface area contributed by atoms with Crippen LogP contribution in [0.3, 0.4) is 0 Å². The molecule has 0 unspecified atom stereocenters. The molecule has 0 aromatic carbocycles. The highest BCUT2D eigenvalue weighted by Crippen LogP contribution is 2.08. The summed E-state index contributed by atoms with van der Waals surface area (Å²) < 4.78 is 0. The van der Waals surface area contributed by atoms with Crippen LogP contribution in [0, 0.1) is 0 Å². The third-order valence-corrected chi connectivity index (χ3v) is 3.21. The molecule has 0 spiro atoms. The highest BCUT2D eigenvalue weighted by molar-refractivity contribution is 8.13. The van der Waals surface area contributed by atoms with Gasteiger partial charge in [-0.3, -0.25) is 9.98 Å². The van der Waals surface area contributed by atoms with Crippen molar-refractivity contribution >= 4 is 28.7 Å². The number of aromatic nitrogens is 1. The quantitative estimate of drug-likeness (QED) is 0.486. The lowest BCUT2D eigenvalue weighted by atomic mass is 10.4. The predicted octanol–water partition coefficient (Wildman–Crippen LogP) is 1.99. The van der Waals surface area contributed by atoms with Crippen LogP contribution in [0.4, 0.5) is 0 Å². The normalized spacial score (nSPS) is 11.7. The first-order valence-corrected chi connectivity index (χ1v) is 7.02. The van der Waals surface area contributed by atoms with Crippen LogP contribution in [-0.4, -0.2) is 28.7 Å². The van der Waals surface area contributed by atoms with Gasteiger partial charge in [0, 0.05) is 17.7 Å². The van der Waals surface area contributed by atoms with Crippen LogP contribution >= 0.6 is 23.5 Å². The lowest BCUT2D eigenvalue weighted by Gasteiger charge is -1.99. The van der Waals surface area contributed by atoms with E-state index in [4.69, 9.17) is 5.73 Å². The summed E-state index contributed by atoms with van der Waals surface area (Å²) in [7, 11) is 0. The number of thioether (sulfide) groups is 2. The van der Waals surface area contributed by atoms with Gasteiger partial charge in [0.15, 0.2) is 5.17 Å². The summed E-state index contributed by atoms with van der Waals surface area (Å²) in [5.74, 6) is 1.92. The van der Waals surface area contributed by atoms with Crippen molar-refractivity contribution in [2.24, 2.45) is 10.7 Å². The maximum absolute atomic E-state index is 5.56. The molecule has 5 heteroatoms. The van der Waals surface area contributed by atoms with Crippen LogP contribution in [0.5, 0.6) is 0 Å². The van der Waals surface area contributed by atoms with Gasteiger partial charge in [-0.05, 0) is 18.4 Å². The van der Waals surface area contributed by atoms with Crippen LogP contribution < -0.4 is 5.73 Å². The summed E-state index contributed by atoms with van der Waals surface area (Å²) in [4.78, 5) is 8.43. The number of pyridine rings is 1. The average molecular weight is 241 g/mol. The molecule has 3 nitrogen and oxygen atoms in total. The molecule has 0 aliphatic carbocycles. The molecule has 1 aromatic heterocycles. The van der Waals surface area contributed by atoms with Crippen LogP contribution in [0.1, 0.15) is 5.69 Å². The van der Waals surface area contributed by atoms with Crippen molar-refractivity contribution < 1.29 is 0 Å².